The highest BCUT2D eigenvalue weighted by Crippen LogP contribution is 2.33. The molecule has 152 valence electrons. The Hall–Kier alpha value is -4.26. The third-order valence-corrected chi connectivity index (χ3v) is 5.35. The Labute approximate surface area is 178 Å². The van der Waals surface area contributed by atoms with Crippen molar-refractivity contribution in [3.63, 3.8) is 0 Å². The summed E-state index contributed by atoms with van der Waals surface area (Å²) in [6.45, 7) is 5.56. The molecule has 1 amide bonds. The van der Waals surface area contributed by atoms with Gasteiger partial charge in [-0.2, -0.15) is 5.10 Å². The molecule has 1 N–H and O–H groups in total. The van der Waals surface area contributed by atoms with E-state index in [0.29, 0.717) is 5.69 Å². The quantitative estimate of drug-likeness (QED) is 0.448. The number of hydrogen-bond acceptors (Lipinski definition) is 4. The summed E-state index contributed by atoms with van der Waals surface area (Å²) in [5.74, 6) is -0.260. The van der Waals surface area contributed by atoms with Crippen LogP contribution < -0.4 is 5.32 Å². The summed E-state index contributed by atoms with van der Waals surface area (Å²) < 4.78 is 3.82. The fourth-order valence-corrected chi connectivity index (χ4v) is 3.78. The van der Waals surface area contributed by atoms with Crippen LogP contribution in [0.4, 0.5) is 5.69 Å². The average Bonchev–Trinajstić information content (AvgIpc) is 3.37. The molecule has 5 aromatic rings. The van der Waals surface area contributed by atoms with Gasteiger partial charge in [0.05, 0.1) is 23.1 Å². The van der Waals surface area contributed by atoms with E-state index in [4.69, 9.17) is 4.98 Å². The number of rotatable bonds is 4. The lowest BCUT2D eigenvalue weighted by atomic mass is 10.1. The number of imidazole rings is 1. The van der Waals surface area contributed by atoms with Gasteiger partial charge in [-0.05, 0) is 31.2 Å². The molecule has 5 rings (SSSR count). The largest absolute Gasteiger partial charge is 0.322 e. The van der Waals surface area contributed by atoms with Crippen molar-refractivity contribution >= 4 is 28.1 Å². The highest BCUT2D eigenvalue weighted by atomic mass is 16.1. The summed E-state index contributed by atoms with van der Waals surface area (Å²) in [6.07, 6.45) is 8.87. The standard InChI is InChI=1S/C24H20N6O/c1-4-22(31)27-21-8-6-5-7-18(21)23-15(2)30-10-9-20-19(24(30)28-23)11-16(12-25-20)17-13-26-29(3)14-17/h4-14H,1H2,2-3H3,(H,27,31). The first-order chi connectivity index (χ1) is 15.0. The molecule has 7 heteroatoms. The Bertz CT molecular complexity index is 1480. The molecular formula is C24H20N6O. The van der Waals surface area contributed by atoms with E-state index in [1.54, 1.807) is 4.68 Å². The summed E-state index contributed by atoms with van der Waals surface area (Å²) >= 11 is 0. The summed E-state index contributed by atoms with van der Waals surface area (Å²) in [6, 6.07) is 11.7. The number of carbonyl (C=O) groups excluding carboxylic acids is 1. The van der Waals surface area contributed by atoms with Crippen LogP contribution >= 0.6 is 0 Å². The molecule has 31 heavy (non-hydrogen) atoms. The number of para-hydroxylation sites is 1. The van der Waals surface area contributed by atoms with Gasteiger partial charge in [0.2, 0.25) is 5.91 Å². The number of nitrogens with one attached hydrogen (secondary N) is 1. The van der Waals surface area contributed by atoms with E-state index in [9.17, 15) is 4.79 Å². The van der Waals surface area contributed by atoms with Crippen molar-refractivity contribution in [3.05, 3.63) is 79.5 Å². The van der Waals surface area contributed by atoms with Gasteiger partial charge in [-0.3, -0.25) is 14.5 Å². The molecule has 0 atom stereocenters. The molecule has 4 aromatic heterocycles. The van der Waals surface area contributed by atoms with E-state index in [0.717, 1.165) is 44.6 Å². The molecule has 0 fully saturated rings. The van der Waals surface area contributed by atoms with Crippen molar-refractivity contribution in [2.45, 2.75) is 6.92 Å². The minimum atomic E-state index is -0.260. The number of pyridine rings is 2. The number of hydrogen-bond donors (Lipinski definition) is 1. The van der Waals surface area contributed by atoms with E-state index < -0.39 is 0 Å². The van der Waals surface area contributed by atoms with Gasteiger partial charge in [0.15, 0.2) is 0 Å². The zero-order chi connectivity index (χ0) is 21.5. The number of amides is 1. The molecule has 0 aliphatic heterocycles. The number of aromatic nitrogens is 5. The monoisotopic (exact) mass is 408 g/mol. The van der Waals surface area contributed by atoms with E-state index in [1.807, 2.05) is 69.1 Å². The molecule has 1 aromatic carbocycles. The van der Waals surface area contributed by atoms with Gasteiger partial charge in [0, 0.05) is 53.4 Å². The van der Waals surface area contributed by atoms with Gasteiger partial charge in [0.1, 0.15) is 5.65 Å². The van der Waals surface area contributed by atoms with Crippen LogP contribution in [0.3, 0.4) is 0 Å². The topological polar surface area (TPSA) is 77.1 Å². The molecule has 0 saturated heterocycles. The van der Waals surface area contributed by atoms with E-state index in [2.05, 4.69) is 32.4 Å². The van der Waals surface area contributed by atoms with Crippen LogP contribution in [0.5, 0.6) is 0 Å². The van der Waals surface area contributed by atoms with Crippen LogP contribution in [-0.2, 0) is 11.8 Å². The first-order valence-electron chi connectivity index (χ1n) is 9.84. The second-order valence-corrected chi connectivity index (χ2v) is 7.35. The van der Waals surface area contributed by atoms with Crippen molar-refractivity contribution in [2.24, 2.45) is 7.05 Å². The molecule has 7 nitrogen and oxygen atoms in total. The van der Waals surface area contributed by atoms with Gasteiger partial charge >= 0.3 is 0 Å². The van der Waals surface area contributed by atoms with Crippen LogP contribution in [-0.4, -0.2) is 30.1 Å². The number of aryl methyl sites for hydroxylation is 2. The Morgan fingerprint density at radius 2 is 2.00 bits per heavy atom. The second kappa shape index (κ2) is 7.21. The van der Waals surface area contributed by atoms with Crippen molar-refractivity contribution in [2.75, 3.05) is 5.32 Å². The molecule has 4 heterocycles. The van der Waals surface area contributed by atoms with Crippen molar-refractivity contribution in [1.82, 2.24) is 24.1 Å². The van der Waals surface area contributed by atoms with Gasteiger partial charge < -0.3 is 9.72 Å². The van der Waals surface area contributed by atoms with Crippen LogP contribution in [0, 0.1) is 6.92 Å². The lowest BCUT2D eigenvalue weighted by Gasteiger charge is -2.08. The Morgan fingerprint density at radius 1 is 1.16 bits per heavy atom. The Kier molecular flexibility index (Phi) is 4.36. The first kappa shape index (κ1) is 18.7. The van der Waals surface area contributed by atoms with Crippen molar-refractivity contribution < 1.29 is 4.79 Å². The molecule has 0 aliphatic carbocycles. The maximum absolute atomic E-state index is 11.9. The fraction of sp³-hybridized carbons (Fsp3) is 0.0833. The van der Waals surface area contributed by atoms with Gasteiger partial charge in [-0.15, -0.1) is 0 Å². The minimum absolute atomic E-state index is 0.260. The third kappa shape index (κ3) is 3.16. The molecule has 0 unspecified atom stereocenters. The normalized spacial score (nSPS) is 11.2. The van der Waals surface area contributed by atoms with E-state index in [1.165, 1.54) is 6.08 Å². The summed E-state index contributed by atoms with van der Waals surface area (Å²) in [4.78, 5) is 21.5. The summed E-state index contributed by atoms with van der Waals surface area (Å²) in [5, 5.41) is 8.08. The maximum Gasteiger partial charge on any atom is 0.247 e. The predicted octanol–water partition coefficient (Wildman–Crippen LogP) is 4.38. The number of nitrogens with zero attached hydrogens (tertiary/aromatic N) is 5. The zero-order valence-corrected chi connectivity index (χ0v) is 17.2. The highest BCUT2D eigenvalue weighted by Gasteiger charge is 2.17. The number of carbonyl (C=O) groups is 1. The van der Waals surface area contributed by atoms with Crippen molar-refractivity contribution in [3.8, 4) is 22.4 Å². The zero-order valence-electron chi connectivity index (χ0n) is 17.2. The lowest BCUT2D eigenvalue weighted by molar-refractivity contribution is -0.111. The minimum Gasteiger partial charge on any atom is -0.322 e. The highest BCUT2D eigenvalue weighted by molar-refractivity contribution is 6.02. The molecule has 0 saturated carbocycles. The average molecular weight is 408 g/mol. The maximum atomic E-state index is 11.9. The Balaban J connectivity index is 1.72. The van der Waals surface area contributed by atoms with Crippen LogP contribution in [0.15, 0.2) is 73.8 Å². The van der Waals surface area contributed by atoms with Crippen molar-refractivity contribution in [1.29, 1.82) is 0 Å². The Morgan fingerprint density at radius 3 is 2.77 bits per heavy atom. The predicted molar refractivity (Wildman–Crippen MR) is 122 cm³/mol. The van der Waals surface area contributed by atoms with Gasteiger partial charge in [-0.1, -0.05) is 24.8 Å². The summed E-state index contributed by atoms with van der Waals surface area (Å²) in [7, 11) is 1.89. The van der Waals surface area contributed by atoms with Gasteiger partial charge in [-0.25, -0.2) is 4.98 Å². The van der Waals surface area contributed by atoms with Gasteiger partial charge in [0.25, 0.3) is 0 Å². The number of anilines is 1. The number of benzene rings is 1. The molecule has 0 spiro atoms. The van der Waals surface area contributed by atoms with E-state index in [-0.39, 0.29) is 5.91 Å². The van der Waals surface area contributed by atoms with Crippen LogP contribution in [0.2, 0.25) is 0 Å². The van der Waals surface area contributed by atoms with E-state index >= 15 is 0 Å². The molecule has 0 radical (unpaired) electrons. The SMILES string of the molecule is C=CC(=O)Nc1ccccc1-c1nc2c3cc(-c4cnn(C)c4)cnc3ccn2c1C. The van der Waals surface area contributed by atoms with Crippen LogP contribution in [0.25, 0.3) is 38.9 Å². The second-order valence-electron chi connectivity index (χ2n) is 7.35. The number of fused-ring (bicyclic) bond motifs is 3. The van der Waals surface area contributed by atoms with Crippen LogP contribution in [0.1, 0.15) is 5.69 Å². The summed E-state index contributed by atoms with van der Waals surface area (Å²) in [5.41, 5.74) is 6.98. The molecular weight excluding hydrogens is 388 g/mol. The molecule has 0 aliphatic rings. The third-order valence-electron chi connectivity index (χ3n) is 5.35. The first-order valence-corrected chi connectivity index (χ1v) is 9.84. The smallest absolute Gasteiger partial charge is 0.247 e. The fourth-order valence-electron chi connectivity index (χ4n) is 3.78. The lowest BCUT2D eigenvalue weighted by Crippen LogP contribution is -2.08. The molecule has 0 bridgehead atoms.